The molecule has 0 aliphatic heterocycles. The fourth-order valence-corrected chi connectivity index (χ4v) is 2.46. The molecule has 0 spiro atoms. The van der Waals surface area contributed by atoms with Gasteiger partial charge in [0.25, 0.3) is 11.8 Å². The number of carbonyl (C=O) groups is 2. The molecule has 0 fully saturated rings. The first-order valence-electron chi connectivity index (χ1n) is 8.51. The maximum absolute atomic E-state index is 12.1. The van der Waals surface area contributed by atoms with E-state index in [-0.39, 0.29) is 28.8 Å². The Hall–Kier alpha value is -3.61. The standard InChI is InChI=1S/C20H19N3O4/c24-17-10-5-4-9-15(17)19(25)21-11-6-12-22-20(26)16-13-18(27-23-16)14-7-2-1-3-8-14/h1-5,7-10,13,24H,6,11-12H2,(H,21,25)(H,22,26). The molecule has 7 heteroatoms. The van der Waals surface area contributed by atoms with Gasteiger partial charge in [0, 0.05) is 24.7 Å². The number of hydrogen-bond acceptors (Lipinski definition) is 5. The molecule has 0 aliphatic rings. The summed E-state index contributed by atoms with van der Waals surface area (Å²) < 4.78 is 5.20. The van der Waals surface area contributed by atoms with E-state index in [2.05, 4.69) is 15.8 Å². The quantitative estimate of drug-likeness (QED) is 0.558. The van der Waals surface area contributed by atoms with Gasteiger partial charge in [-0.05, 0) is 18.6 Å². The van der Waals surface area contributed by atoms with Crippen molar-refractivity contribution in [1.29, 1.82) is 0 Å². The lowest BCUT2D eigenvalue weighted by Crippen LogP contribution is -2.30. The molecule has 0 atom stereocenters. The van der Waals surface area contributed by atoms with E-state index >= 15 is 0 Å². The molecule has 2 amide bonds. The summed E-state index contributed by atoms with van der Waals surface area (Å²) in [5.41, 5.74) is 1.26. The van der Waals surface area contributed by atoms with Gasteiger partial charge in [-0.2, -0.15) is 0 Å². The van der Waals surface area contributed by atoms with Gasteiger partial charge < -0.3 is 20.3 Å². The molecule has 3 rings (SSSR count). The molecule has 0 radical (unpaired) electrons. The molecular weight excluding hydrogens is 346 g/mol. The highest BCUT2D eigenvalue weighted by Gasteiger charge is 2.13. The number of phenols is 1. The number of amides is 2. The maximum Gasteiger partial charge on any atom is 0.273 e. The van der Waals surface area contributed by atoms with Crippen LogP contribution in [0.2, 0.25) is 0 Å². The molecule has 27 heavy (non-hydrogen) atoms. The van der Waals surface area contributed by atoms with Gasteiger partial charge in [0.2, 0.25) is 0 Å². The van der Waals surface area contributed by atoms with Crippen molar-refractivity contribution >= 4 is 11.8 Å². The highest BCUT2D eigenvalue weighted by Crippen LogP contribution is 2.19. The fraction of sp³-hybridized carbons (Fsp3) is 0.150. The Balaban J connectivity index is 1.42. The lowest BCUT2D eigenvalue weighted by atomic mass is 10.1. The molecule has 1 heterocycles. The van der Waals surface area contributed by atoms with Crippen LogP contribution in [0.15, 0.2) is 65.2 Å². The zero-order valence-corrected chi connectivity index (χ0v) is 14.5. The average molecular weight is 365 g/mol. The third-order valence-corrected chi connectivity index (χ3v) is 3.87. The Morgan fingerprint density at radius 2 is 1.59 bits per heavy atom. The van der Waals surface area contributed by atoms with Gasteiger partial charge in [-0.25, -0.2) is 0 Å². The number of carbonyl (C=O) groups excluding carboxylic acids is 2. The molecule has 0 bridgehead atoms. The molecule has 3 N–H and O–H groups in total. The fourth-order valence-electron chi connectivity index (χ4n) is 2.46. The van der Waals surface area contributed by atoms with Crippen molar-refractivity contribution < 1.29 is 19.2 Å². The van der Waals surface area contributed by atoms with Crippen LogP contribution in [0.25, 0.3) is 11.3 Å². The number of nitrogens with zero attached hydrogens (tertiary/aromatic N) is 1. The average Bonchev–Trinajstić information content (AvgIpc) is 3.19. The summed E-state index contributed by atoms with van der Waals surface area (Å²) in [5.74, 6) is -0.240. The second-order valence-corrected chi connectivity index (χ2v) is 5.82. The zero-order valence-electron chi connectivity index (χ0n) is 14.5. The third kappa shape index (κ3) is 4.72. The molecule has 0 saturated carbocycles. The zero-order chi connectivity index (χ0) is 19.1. The summed E-state index contributed by atoms with van der Waals surface area (Å²) in [6, 6.07) is 17.3. The monoisotopic (exact) mass is 365 g/mol. The van der Waals surface area contributed by atoms with Crippen LogP contribution in [0.4, 0.5) is 0 Å². The van der Waals surface area contributed by atoms with E-state index in [0.717, 1.165) is 5.56 Å². The highest BCUT2D eigenvalue weighted by molar-refractivity contribution is 5.96. The van der Waals surface area contributed by atoms with Crippen LogP contribution >= 0.6 is 0 Å². The first-order valence-corrected chi connectivity index (χ1v) is 8.51. The molecule has 0 aliphatic carbocycles. The first-order chi connectivity index (χ1) is 13.1. The van der Waals surface area contributed by atoms with E-state index in [1.165, 1.54) is 6.07 Å². The van der Waals surface area contributed by atoms with E-state index in [1.807, 2.05) is 30.3 Å². The van der Waals surface area contributed by atoms with Gasteiger partial charge in [0.1, 0.15) is 5.75 Å². The van der Waals surface area contributed by atoms with Gasteiger partial charge in [-0.3, -0.25) is 9.59 Å². The van der Waals surface area contributed by atoms with E-state index in [4.69, 9.17) is 4.52 Å². The Kier molecular flexibility index (Phi) is 5.84. The van der Waals surface area contributed by atoms with Crippen molar-refractivity contribution in [2.45, 2.75) is 6.42 Å². The molecular formula is C20H19N3O4. The smallest absolute Gasteiger partial charge is 0.273 e. The van der Waals surface area contributed by atoms with Crippen LogP contribution in [0.5, 0.6) is 5.75 Å². The summed E-state index contributed by atoms with van der Waals surface area (Å²) in [7, 11) is 0. The van der Waals surface area contributed by atoms with Crippen LogP contribution in [0, 0.1) is 0 Å². The van der Waals surface area contributed by atoms with Gasteiger partial charge in [-0.15, -0.1) is 0 Å². The number of rotatable bonds is 7. The Labute approximate surface area is 156 Å². The minimum Gasteiger partial charge on any atom is -0.507 e. The van der Waals surface area contributed by atoms with E-state index in [9.17, 15) is 14.7 Å². The van der Waals surface area contributed by atoms with Crippen LogP contribution in [0.1, 0.15) is 27.3 Å². The van der Waals surface area contributed by atoms with Crippen LogP contribution in [-0.2, 0) is 0 Å². The topological polar surface area (TPSA) is 104 Å². The number of aromatic nitrogens is 1. The Bertz CT molecular complexity index is 922. The molecule has 2 aromatic carbocycles. The van der Waals surface area contributed by atoms with Gasteiger partial charge in [0.05, 0.1) is 5.56 Å². The largest absolute Gasteiger partial charge is 0.507 e. The highest BCUT2D eigenvalue weighted by atomic mass is 16.5. The molecule has 1 aromatic heterocycles. The van der Waals surface area contributed by atoms with Crippen molar-refractivity contribution in [3.8, 4) is 17.1 Å². The second-order valence-electron chi connectivity index (χ2n) is 5.82. The van der Waals surface area contributed by atoms with E-state index < -0.39 is 0 Å². The number of para-hydroxylation sites is 1. The number of nitrogens with one attached hydrogen (secondary N) is 2. The predicted octanol–water partition coefficient (Wildman–Crippen LogP) is 2.60. The lowest BCUT2D eigenvalue weighted by molar-refractivity contribution is 0.0944. The Morgan fingerprint density at radius 1 is 0.926 bits per heavy atom. The molecule has 3 aromatic rings. The summed E-state index contributed by atoms with van der Waals surface area (Å²) >= 11 is 0. The van der Waals surface area contributed by atoms with Crippen molar-refractivity contribution in [3.05, 3.63) is 71.9 Å². The van der Waals surface area contributed by atoms with Crippen LogP contribution in [-0.4, -0.2) is 35.2 Å². The molecule has 0 unspecified atom stereocenters. The van der Waals surface area contributed by atoms with Crippen LogP contribution < -0.4 is 10.6 Å². The summed E-state index contributed by atoms with van der Waals surface area (Å²) in [4.78, 5) is 24.0. The minimum absolute atomic E-state index is 0.0662. The predicted molar refractivity (Wildman–Crippen MR) is 99.3 cm³/mol. The first kappa shape index (κ1) is 18.2. The number of phenolic OH excluding ortho intramolecular Hbond substituents is 1. The third-order valence-electron chi connectivity index (χ3n) is 3.87. The van der Waals surface area contributed by atoms with Crippen molar-refractivity contribution in [3.63, 3.8) is 0 Å². The van der Waals surface area contributed by atoms with E-state index in [0.29, 0.717) is 25.3 Å². The Morgan fingerprint density at radius 3 is 2.33 bits per heavy atom. The summed E-state index contributed by atoms with van der Waals surface area (Å²) in [5, 5.41) is 18.8. The van der Waals surface area contributed by atoms with Crippen LogP contribution in [0.3, 0.4) is 0 Å². The lowest BCUT2D eigenvalue weighted by Gasteiger charge is -2.07. The normalized spacial score (nSPS) is 10.4. The summed E-state index contributed by atoms with van der Waals surface area (Å²) in [6.45, 7) is 0.731. The van der Waals surface area contributed by atoms with Crippen molar-refractivity contribution in [2.75, 3.05) is 13.1 Å². The molecule has 138 valence electrons. The second kappa shape index (κ2) is 8.66. The van der Waals surface area contributed by atoms with Gasteiger partial charge >= 0.3 is 0 Å². The molecule has 7 nitrogen and oxygen atoms in total. The number of benzene rings is 2. The van der Waals surface area contributed by atoms with Crippen molar-refractivity contribution in [2.24, 2.45) is 0 Å². The minimum atomic E-state index is -0.358. The number of hydrogen-bond donors (Lipinski definition) is 3. The SMILES string of the molecule is O=C(NCCCNC(=O)c1ccccc1O)c1cc(-c2ccccc2)on1. The summed E-state index contributed by atoms with van der Waals surface area (Å²) in [6.07, 6.45) is 0.536. The van der Waals surface area contributed by atoms with Gasteiger partial charge in [-0.1, -0.05) is 47.6 Å². The molecule has 0 saturated heterocycles. The number of aromatic hydroxyl groups is 1. The van der Waals surface area contributed by atoms with Gasteiger partial charge in [0.15, 0.2) is 11.5 Å². The van der Waals surface area contributed by atoms with Crippen molar-refractivity contribution in [1.82, 2.24) is 15.8 Å². The maximum atomic E-state index is 12.1. The van der Waals surface area contributed by atoms with E-state index in [1.54, 1.807) is 24.3 Å².